The van der Waals surface area contributed by atoms with Gasteiger partial charge in [0.05, 0.1) is 40.7 Å². The summed E-state index contributed by atoms with van der Waals surface area (Å²) in [5, 5.41) is 9.55. The Hall–Kier alpha value is -3.44. The summed E-state index contributed by atoms with van der Waals surface area (Å²) in [5.41, 5.74) is 3.00. The quantitative estimate of drug-likeness (QED) is 0.337. The molecule has 3 aromatic rings. The first-order valence-corrected chi connectivity index (χ1v) is 15.1. The molecule has 218 valence electrons. The van der Waals surface area contributed by atoms with Gasteiger partial charge in [0.2, 0.25) is 11.8 Å². The van der Waals surface area contributed by atoms with Crippen LogP contribution < -0.4 is 20.7 Å². The summed E-state index contributed by atoms with van der Waals surface area (Å²) < 4.78 is 10.9. The molecule has 2 aromatic heterocycles. The number of hydrogen-bond donors (Lipinski definition) is 3. The minimum Gasteiger partial charge on any atom is -0.480 e. The maximum absolute atomic E-state index is 12.6. The molecule has 3 N–H and O–H groups in total. The monoisotopic (exact) mass is 578 g/mol. The third-order valence-electron chi connectivity index (χ3n) is 7.50. The van der Waals surface area contributed by atoms with Crippen molar-refractivity contribution >= 4 is 40.6 Å². The molecule has 1 atom stereocenters. The number of pyridine rings is 1. The number of nitrogens with one attached hydrogen (secondary N) is 3. The van der Waals surface area contributed by atoms with E-state index >= 15 is 0 Å². The van der Waals surface area contributed by atoms with E-state index in [0.717, 1.165) is 52.9 Å². The molecule has 0 unspecified atom stereocenters. The highest BCUT2D eigenvalue weighted by atomic mass is 32.2. The van der Waals surface area contributed by atoms with Crippen LogP contribution in [0.4, 0.5) is 10.6 Å². The SMILES string of the molecule is COc1cnc2cccc([C@@H](CNC(=O)OC(C)(C)C)C3CCC(NCc4ccc5c(n4)NC(=O)CS5)CC3)c2n1. The van der Waals surface area contributed by atoms with E-state index in [9.17, 15) is 9.59 Å². The summed E-state index contributed by atoms with van der Waals surface area (Å²) in [5.74, 6) is 1.93. The van der Waals surface area contributed by atoms with E-state index in [1.807, 2.05) is 45.0 Å². The molecule has 5 rings (SSSR count). The Balaban J connectivity index is 1.27. The first-order chi connectivity index (χ1) is 19.7. The second-order valence-corrected chi connectivity index (χ2v) is 12.6. The van der Waals surface area contributed by atoms with Crippen LogP contribution >= 0.6 is 11.8 Å². The normalized spacial score (nSPS) is 19.7. The fraction of sp³-hybridized carbons (Fsp3) is 0.500. The van der Waals surface area contributed by atoms with Gasteiger partial charge in [0.1, 0.15) is 11.4 Å². The Morgan fingerprint density at radius 3 is 2.71 bits per heavy atom. The molecule has 3 heterocycles. The van der Waals surface area contributed by atoms with Crippen molar-refractivity contribution < 1.29 is 19.1 Å². The molecule has 1 aliphatic carbocycles. The van der Waals surface area contributed by atoms with E-state index in [1.165, 1.54) is 11.8 Å². The van der Waals surface area contributed by atoms with Crippen molar-refractivity contribution in [2.24, 2.45) is 5.92 Å². The van der Waals surface area contributed by atoms with Crippen molar-refractivity contribution in [3.63, 3.8) is 0 Å². The van der Waals surface area contributed by atoms with Gasteiger partial charge in [-0.05, 0) is 76.1 Å². The number of benzene rings is 1. The lowest BCUT2D eigenvalue weighted by Crippen LogP contribution is -2.39. The van der Waals surface area contributed by atoms with Crippen LogP contribution in [0.5, 0.6) is 5.88 Å². The number of para-hydroxylation sites is 1. The van der Waals surface area contributed by atoms with Crippen LogP contribution in [0.1, 0.15) is 63.6 Å². The van der Waals surface area contributed by atoms with Gasteiger partial charge in [-0.1, -0.05) is 12.1 Å². The van der Waals surface area contributed by atoms with Crippen molar-refractivity contribution in [1.82, 2.24) is 25.6 Å². The van der Waals surface area contributed by atoms with E-state index < -0.39 is 11.7 Å². The highest BCUT2D eigenvalue weighted by molar-refractivity contribution is 8.00. The second kappa shape index (κ2) is 12.6. The van der Waals surface area contributed by atoms with Crippen molar-refractivity contribution in [2.45, 2.75) is 75.5 Å². The number of carbonyl (C=O) groups excluding carboxylic acids is 2. The lowest BCUT2D eigenvalue weighted by molar-refractivity contribution is -0.113. The van der Waals surface area contributed by atoms with Crippen LogP contribution in [-0.2, 0) is 16.1 Å². The van der Waals surface area contributed by atoms with Gasteiger partial charge in [-0.15, -0.1) is 11.8 Å². The highest BCUT2D eigenvalue weighted by Gasteiger charge is 2.31. The summed E-state index contributed by atoms with van der Waals surface area (Å²) in [4.78, 5) is 39.3. The standard InChI is InChI=1S/C30H38N6O4S/c1-30(2,3)40-29(38)33-15-22(21-6-5-7-23-27(21)36-26(39-4)16-32-23)18-8-10-19(11-9-18)31-14-20-12-13-24-28(34-20)35-25(37)17-41-24/h5-7,12-13,16,18-19,22,31H,8-11,14-15,17H2,1-4H3,(H,33,38)(H,34,35,37)/t18?,19?,22-/m0/s1. The minimum atomic E-state index is -0.571. The molecule has 2 amide bonds. The molecule has 11 heteroatoms. The highest BCUT2D eigenvalue weighted by Crippen LogP contribution is 2.38. The smallest absolute Gasteiger partial charge is 0.407 e. The molecule has 1 aromatic carbocycles. The van der Waals surface area contributed by atoms with Crippen molar-refractivity contribution in [3.8, 4) is 5.88 Å². The summed E-state index contributed by atoms with van der Waals surface area (Å²) in [7, 11) is 1.59. The summed E-state index contributed by atoms with van der Waals surface area (Å²) in [6, 6.07) is 10.4. The summed E-state index contributed by atoms with van der Waals surface area (Å²) in [6.45, 7) is 6.67. The molecule has 1 fully saturated rings. The van der Waals surface area contributed by atoms with E-state index in [-0.39, 0.29) is 11.8 Å². The fourth-order valence-electron chi connectivity index (χ4n) is 5.55. The third-order valence-corrected chi connectivity index (χ3v) is 8.55. The molecule has 0 radical (unpaired) electrons. The predicted octanol–water partition coefficient (Wildman–Crippen LogP) is 5.03. The first kappa shape index (κ1) is 29.1. The number of rotatable bonds is 8. The Labute approximate surface area is 244 Å². The molecule has 0 spiro atoms. The number of thioether (sulfide) groups is 1. The third kappa shape index (κ3) is 7.45. The number of methoxy groups -OCH3 is 1. The van der Waals surface area contributed by atoms with Gasteiger partial charge < -0.3 is 25.4 Å². The Morgan fingerprint density at radius 2 is 1.95 bits per heavy atom. The second-order valence-electron chi connectivity index (χ2n) is 11.6. The number of fused-ring (bicyclic) bond motifs is 2. The van der Waals surface area contributed by atoms with Crippen LogP contribution in [0.3, 0.4) is 0 Å². The molecule has 1 aliphatic heterocycles. The maximum atomic E-state index is 12.6. The van der Waals surface area contributed by atoms with Gasteiger partial charge in [0, 0.05) is 25.0 Å². The number of carbonyl (C=O) groups is 2. The zero-order valence-electron chi connectivity index (χ0n) is 24.0. The number of anilines is 1. The molecule has 0 bridgehead atoms. The zero-order valence-corrected chi connectivity index (χ0v) is 24.8. The summed E-state index contributed by atoms with van der Waals surface area (Å²) >= 11 is 1.52. The number of hydrogen-bond acceptors (Lipinski definition) is 9. The molecular weight excluding hydrogens is 540 g/mol. The van der Waals surface area contributed by atoms with Gasteiger partial charge in [-0.3, -0.25) is 4.79 Å². The van der Waals surface area contributed by atoms with Crippen molar-refractivity contribution in [1.29, 1.82) is 0 Å². The van der Waals surface area contributed by atoms with Crippen LogP contribution in [0, 0.1) is 5.92 Å². The van der Waals surface area contributed by atoms with E-state index in [0.29, 0.717) is 42.5 Å². The number of nitrogens with zero attached hydrogens (tertiary/aromatic N) is 3. The maximum Gasteiger partial charge on any atom is 0.407 e. The fourth-order valence-corrected chi connectivity index (χ4v) is 6.31. The van der Waals surface area contributed by atoms with Crippen molar-refractivity contribution in [3.05, 3.63) is 47.8 Å². The lowest BCUT2D eigenvalue weighted by atomic mass is 9.75. The molecule has 1 saturated carbocycles. The van der Waals surface area contributed by atoms with Gasteiger partial charge in [0.15, 0.2) is 0 Å². The lowest BCUT2D eigenvalue weighted by Gasteiger charge is -2.35. The number of alkyl carbamates (subject to hydrolysis) is 1. The molecule has 0 saturated heterocycles. The first-order valence-electron chi connectivity index (χ1n) is 14.1. The molecular formula is C30H38N6O4S. The zero-order chi connectivity index (χ0) is 29.0. The molecule has 10 nitrogen and oxygen atoms in total. The van der Waals surface area contributed by atoms with Gasteiger partial charge in [-0.25, -0.2) is 19.7 Å². The van der Waals surface area contributed by atoms with Crippen LogP contribution in [0.2, 0.25) is 0 Å². The largest absolute Gasteiger partial charge is 0.480 e. The molecule has 2 aliphatic rings. The minimum absolute atomic E-state index is 0.00948. The Bertz CT molecular complexity index is 1400. The van der Waals surface area contributed by atoms with Crippen LogP contribution in [0.25, 0.3) is 11.0 Å². The number of aromatic nitrogens is 3. The van der Waals surface area contributed by atoms with Gasteiger partial charge >= 0.3 is 6.09 Å². The van der Waals surface area contributed by atoms with E-state index in [2.05, 4.69) is 32.0 Å². The Morgan fingerprint density at radius 1 is 1.15 bits per heavy atom. The van der Waals surface area contributed by atoms with Gasteiger partial charge in [0.25, 0.3) is 0 Å². The number of amides is 2. The topological polar surface area (TPSA) is 127 Å². The molecule has 41 heavy (non-hydrogen) atoms. The van der Waals surface area contributed by atoms with E-state index in [4.69, 9.17) is 14.5 Å². The van der Waals surface area contributed by atoms with Crippen LogP contribution in [0.15, 0.2) is 41.4 Å². The van der Waals surface area contributed by atoms with Gasteiger partial charge in [-0.2, -0.15) is 0 Å². The van der Waals surface area contributed by atoms with E-state index in [1.54, 1.807) is 13.3 Å². The Kier molecular flexibility index (Phi) is 8.94. The average Bonchev–Trinajstić information content (AvgIpc) is 2.95. The van der Waals surface area contributed by atoms with Crippen LogP contribution in [-0.4, -0.2) is 58.0 Å². The van der Waals surface area contributed by atoms with Crippen molar-refractivity contribution in [2.75, 3.05) is 24.7 Å². The average molecular weight is 579 g/mol. The predicted molar refractivity (Wildman–Crippen MR) is 159 cm³/mol. The summed E-state index contributed by atoms with van der Waals surface area (Å²) in [6.07, 6.45) is 5.21. The number of ether oxygens (including phenoxy) is 2.